The molecule has 0 fully saturated rings. The zero-order chi connectivity index (χ0) is 22.5. The van der Waals surface area contributed by atoms with Crippen LogP contribution in [0, 0.1) is 0 Å². The van der Waals surface area contributed by atoms with Gasteiger partial charge in [0.25, 0.3) is 0 Å². The van der Waals surface area contributed by atoms with Gasteiger partial charge in [-0.15, -0.1) is 0 Å². The molecule has 0 bridgehead atoms. The van der Waals surface area contributed by atoms with E-state index in [1.807, 2.05) is 59.8 Å². The van der Waals surface area contributed by atoms with Crippen LogP contribution in [-0.2, 0) is 9.53 Å². The van der Waals surface area contributed by atoms with E-state index >= 15 is 0 Å². The Morgan fingerprint density at radius 3 is 2.31 bits per heavy atom. The second-order valence-electron chi connectivity index (χ2n) is 7.05. The van der Waals surface area contributed by atoms with Gasteiger partial charge in [-0.3, -0.25) is 0 Å². The van der Waals surface area contributed by atoms with E-state index < -0.39 is 0 Å². The molecule has 2 aromatic carbocycles. The van der Waals surface area contributed by atoms with Gasteiger partial charge in [-0.25, -0.2) is 9.79 Å². The fourth-order valence-electron chi connectivity index (χ4n) is 3.49. The number of thioether (sulfide) groups is 1. The van der Waals surface area contributed by atoms with E-state index in [4.69, 9.17) is 25.8 Å². The molecule has 2 aliphatic heterocycles. The molecule has 1 atom stereocenters. The molecular weight excluding hydrogens is 448 g/mol. The van der Waals surface area contributed by atoms with E-state index in [9.17, 15) is 4.79 Å². The summed E-state index contributed by atoms with van der Waals surface area (Å²) in [7, 11) is 0. The maximum Gasteiger partial charge on any atom is 0.338 e. The summed E-state index contributed by atoms with van der Waals surface area (Å²) >= 11 is 7.41. The van der Waals surface area contributed by atoms with Gasteiger partial charge in [0.05, 0.1) is 23.9 Å². The summed E-state index contributed by atoms with van der Waals surface area (Å²) in [5, 5.41) is 3.48. The van der Waals surface area contributed by atoms with Crippen LogP contribution in [0.15, 0.2) is 76.4 Å². The van der Waals surface area contributed by atoms with Crippen molar-refractivity contribution in [3.05, 3.63) is 82.0 Å². The maximum absolute atomic E-state index is 12.7. The Hall–Kier alpha value is -2.90. The Morgan fingerprint density at radius 2 is 1.69 bits per heavy atom. The molecule has 0 spiro atoms. The van der Waals surface area contributed by atoms with Crippen LogP contribution in [0.4, 0.5) is 0 Å². The molecule has 0 aliphatic carbocycles. The first-order valence-electron chi connectivity index (χ1n) is 10.3. The standard InChI is InChI=1S/C24H23ClN2O4S/c1-3-29-23(28)21-16(2)26-24-27(12-15-32-24)22(21)17-4-8-19(9-5-17)30-13-14-31-20-10-6-18(25)7-11-20/h4-12,15,22H,3,13-14H2,1-2H3/t22-/m1/s1. The Labute approximate surface area is 196 Å². The van der Waals surface area contributed by atoms with Crippen molar-refractivity contribution in [2.24, 2.45) is 4.99 Å². The highest BCUT2D eigenvalue weighted by atomic mass is 35.5. The maximum atomic E-state index is 12.7. The number of esters is 1. The highest BCUT2D eigenvalue weighted by Crippen LogP contribution is 2.41. The Morgan fingerprint density at radius 1 is 1.06 bits per heavy atom. The van der Waals surface area contributed by atoms with Crippen molar-refractivity contribution in [1.29, 1.82) is 0 Å². The minimum atomic E-state index is -0.345. The number of ether oxygens (including phenoxy) is 3. The number of hydrogen-bond acceptors (Lipinski definition) is 7. The average molecular weight is 471 g/mol. The van der Waals surface area contributed by atoms with Crippen LogP contribution in [0.25, 0.3) is 0 Å². The quantitative estimate of drug-likeness (QED) is 0.371. The molecule has 0 N–H and O–H groups in total. The molecular formula is C24H23ClN2O4S. The number of rotatable bonds is 8. The van der Waals surface area contributed by atoms with Gasteiger partial charge in [0.2, 0.25) is 0 Å². The molecule has 2 aromatic rings. The first kappa shape index (κ1) is 22.3. The van der Waals surface area contributed by atoms with Crippen molar-refractivity contribution in [3.8, 4) is 11.5 Å². The van der Waals surface area contributed by atoms with E-state index in [0.29, 0.717) is 36.1 Å². The van der Waals surface area contributed by atoms with Crippen LogP contribution in [0.5, 0.6) is 11.5 Å². The van der Waals surface area contributed by atoms with Crippen LogP contribution in [0.1, 0.15) is 25.5 Å². The molecule has 166 valence electrons. The zero-order valence-electron chi connectivity index (χ0n) is 17.8. The zero-order valence-corrected chi connectivity index (χ0v) is 19.4. The summed E-state index contributed by atoms with van der Waals surface area (Å²) in [4.78, 5) is 19.3. The van der Waals surface area contributed by atoms with Crippen molar-refractivity contribution >= 4 is 34.5 Å². The lowest BCUT2D eigenvalue weighted by Gasteiger charge is -2.33. The van der Waals surface area contributed by atoms with Crippen molar-refractivity contribution in [2.45, 2.75) is 19.9 Å². The van der Waals surface area contributed by atoms with Crippen molar-refractivity contribution in [3.63, 3.8) is 0 Å². The molecule has 0 radical (unpaired) electrons. The van der Waals surface area contributed by atoms with Crippen LogP contribution in [-0.4, -0.2) is 35.9 Å². The summed E-state index contributed by atoms with van der Waals surface area (Å²) < 4.78 is 16.8. The molecule has 0 amide bonds. The monoisotopic (exact) mass is 470 g/mol. The smallest absolute Gasteiger partial charge is 0.338 e. The third-order valence-corrected chi connectivity index (χ3v) is 5.97. The van der Waals surface area contributed by atoms with Gasteiger partial charge >= 0.3 is 5.97 Å². The van der Waals surface area contributed by atoms with Gasteiger partial charge in [-0.05, 0) is 61.2 Å². The molecule has 0 saturated carbocycles. The summed E-state index contributed by atoms with van der Waals surface area (Å²) in [6, 6.07) is 14.6. The predicted octanol–water partition coefficient (Wildman–Crippen LogP) is 5.57. The van der Waals surface area contributed by atoms with Gasteiger partial charge < -0.3 is 19.1 Å². The number of nitrogens with zero attached hydrogens (tertiary/aromatic N) is 2. The summed E-state index contributed by atoms with van der Waals surface area (Å²) in [5.74, 6) is 1.12. The van der Waals surface area contributed by atoms with Crippen LogP contribution >= 0.6 is 23.4 Å². The number of allylic oxidation sites excluding steroid dienone is 1. The molecule has 8 heteroatoms. The van der Waals surface area contributed by atoms with Gasteiger partial charge in [-0.1, -0.05) is 35.5 Å². The van der Waals surface area contributed by atoms with Crippen molar-refractivity contribution < 1.29 is 19.0 Å². The first-order valence-corrected chi connectivity index (χ1v) is 11.5. The minimum Gasteiger partial charge on any atom is -0.490 e. The number of halogens is 1. The molecule has 0 unspecified atom stereocenters. The third-order valence-electron chi connectivity index (χ3n) is 4.95. The number of carbonyl (C=O) groups is 1. The van der Waals surface area contributed by atoms with Crippen LogP contribution < -0.4 is 9.47 Å². The summed E-state index contributed by atoms with van der Waals surface area (Å²) in [6.45, 7) is 4.78. The number of hydrogen-bond donors (Lipinski definition) is 0. The highest BCUT2D eigenvalue weighted by molar-refractivity contribution is 8.16. The fourth-order valence-corrected chi connectivity index (χ4v) is 4.41. The van der Waals surface area contributed by atoms with Crippen molar-refractivity contribution in [1.82, 2.24) is 4.90 Å². The molecule has 2 aliphatic rings. The first-order chi connectivity index (χ1) is 15.6. The fraction of sp³-hybridized carbons (Fsp3) is 0.250. The van der Waals surface area contributed by atoms with Gasteiger partial charge in [0.15, 0.2) is 5.17 Å². The second-order valence-corrected chi connectivity index (χ2v) is 8.36. The molecule has 2 heterocycles. The van der Waals surface area contributed by atoms with Gasteiger partial charge in [-0.2, -0.15) is 0 Å². The van der Waals surface area contributed by atoms with E-state index in [0.717, 1.165) is 22.2 Å². The van der Waals surface area contributed by atoms with Crippen LogP contribution in [0.3, 0.4) is 0 Å². The molecule has 0 saturated heterocycles. The number of fused-ring (bicyclic) bond motifs is 1. The highest BCUT2D eigenvalue weighted by Gasteiger charge is 2.37. The van der Waals surface area contributed by atoms with E-state index in [1.165, 1.54) is 11.8 Å². The lowest BCUT2D eigenvalue weighted by Crippen LogP contribution is -2.34. The topological polar surface area (TPSA) is 60.4 Å². The molecule has 4 rings (SSSR count). The Kier molecular flexibility index (Phi) is 7.07. The molecule has 6 nitrogen and oxygen atoms in total. The van der Waals surface area contributed by atoms with Gasteiger partial charge in [0.1, 0.15) is 24.7 Å². The van der Waals surface area contributed by atoms with Crippen LogP contribution in [0.2, 0.25) is 5.02 Å². The normalized spacial score (nSPS) is 17.2. The van der Waals surface area contributed by atoms with Gasteiger partial charge in [0, 0.05) is 11.2 Å². The van der Waals surface area contributed by atoms with E-state index in [2.05, 4.69) is 4.99 Å². The van der Waals surface area contributed by atoms with E-state index in [-0.39, 0.29) is 12.0 Å². The largest absolute Gasteiger partial charge is 0.490 e. The number of benzene rings is 2. The van der Waals surface area contributed by atoms with Crippen molar-refractivity contribution in [2.75, 3.05) is 19.8 Å². The van der Waals surface area contributed by atoms with E-state index in [1.54, 1.807) is 19.1 Å². The summed E-state index contributed by atoms with van der Waals surface area (Å²) in [5.41, 5.74) is 2.18. The number of amidine groups is 1. The number of aliphatic imine (C=N–C) groups is 1. The average Bonchev–Trinajstić information content (AvgIpc) is 3.25. The lowest BCUT2D eigenvalue weighted by atomic mass is 9.95. The third kappa shape index (κ3) is 4.95. The predicted molar refractivity (Wildman–Crippen MR) is 127 cm³/mol. The molecule has 32 heavy (non-hydrogen) atoms. The summed E-state index contributed by atoms with van der Waals surface area (Å²) in [6.07, 6.45) is 1.94. The Balaban J connectivity index is 1.43. The number of carbonyl (C=O) groups excluding carboxylic acids is 1. The SMILES string of the molecule is CCOC(=O)C1=C(C)N=C2SC=CN2[C@@H]1c1ccc(OCCOc2ccc(Cl)cc2)cc1. The second kappa shape index (κ2) is 10.1. The Bertz CT molecular complexity index is 1060. The minimum absolute atomic E-state index is 0.296. The lowest BCUT2D eigenvalue weighted by molar-refractivity contribution is -0.139. The molecule has 0 aromatic heterocycles.